The maximum Gasteiger partial charge on any atom is 0.224 e. The number of hydrogen-bond acceptors (Lipinski definition) is 3. The molecule has 1 aliphatic carbocycles. The molecule has 0 aromatic heterocycles. The maximum absolute atomic E-state index is 11.9. The monoisotopic (exact) mass is 297 g/mol. The first kappa shape index (κ1) is 18.0. The van der Waals surface area contributed by atoms with Crippen LogP contribution in [0.5, 0.6) is 0 Å². The van der Waals surface area contributed by atoms with Gasteiger partial charge in [0.05, 0.1) is 0 Å². The highest BCUT2D eigenvalue weighted by atomic mass is 16.2. The summed E-state index contributed by atoms with van der Waals surface area (Å²) in [5.41, 5.74) is 5.68. The van der Waals surface area contributed by atoms with E-state index in [1.807, 2.05) is 13.8 Å². The molecule has 0 bridgehead atoms. The van der Waals surface area contributed by atoms with Crippen LogP contribution in [-0.2, 0) is 9.59 Å². The summed E-state index contributed by atoms with van der Waals surface area (Å²) in [5, 5.41) is 2.88. The molecule has 2 amide bonds. The number of amides is 2. The van der Waals surface area contributed by atoms with E-state index in [9.17, 15) is 9.59 Å². The lowest BCUT2D eigenvalue weighted by Crippen LogP contribution is -2.35. The second-order valence-corrected chi connectivity index (χ2v) is 5.99. The highest BCUT2D eigenvalue weighted by molar-refractivity contribution is 5.79. The van der Waals surface area contributed by atoms with Crippen molar-refractivity contribution >= 4 is 11.8 Å². The van der Waals surface area contributed by atoms with Crippen LogP contribution < -0.4 is 11.1 Å². The van der Waals surface area contributed by atoms with Gasteiger partial charge in [0.2, 0.25) is 11.8 Å². The first-order chi connectivity index (χ1) is 10.1. The zero-order chi connectivity index (χ0) is 15.7. The van der Waals surface area contributed by atoms with Crippen molar-refractivity contribution in [1.29, 1.82) is 0 Å². The van der Waals surface area contributed by atoms with Gasteiger partial charge in [-0.15, -0.1) is 0 Å². The third kappa shape index (κ3) is 6.46. The van der Waals surface area contributed by atoms with Gasteiger partial charge in [0, 0.05) is 32.5 Å². The fourth-order valence-corrected chi connectivity index (χ4v) is 3.05. The van der Waals surface area contributed by atoms with E-state index >= 15 is 0 Å². The number of nitrogens with two attached hydrogens (primary N) is 1. The van der Waals surface area contributed by atoms with Crippen LogP contribution in [0.2, 0.25) is 0 Å². The van der Waals surface area contributed by atoms with Crippen molar-refractivity contribution in [1.82, 2.24) is 10.2 Å². The molecule has 0 aliphatic heterocycles. The van der Waals surface area contributed by atoms with Gasteiger partial charge in [-0.3, -0.25) is 9.59 Å². The molecule has 0 unspecified atom stereocenters. The largest absolute Gasteiger partial charge is 0.356 e. The van der Waals surface area contributed by atoms with Crippen LogP contribution in [0, 0.1) is 11.8 Å². The predicted molar refractivity (Wildman–Crippen MR) is 84.7 cm³/mol. The van der Waals surface area contributed by atoms with E-state index in [0.717, 1.165) is 45.3 Å². The van der Waals surface area contributed by atoms with Crippen molar-refractivity contribution in [2.45, 2.75) is 52.4 Å². The van der Waals surface area contributed by atoms with Crippen LogP contribution in [0.4, 0.5) is 0 Å². The van der Waals surface area contributed by atoms with Gasteiger partial charge in [-0.25, -0.2) is 0 Å². The summed E-state index contributed by atoms with van der Waals surface area (Å²) in [4.78, 5) is 25.5. The van der Waals surface area contributed by atoms with E-state index in [4.69, 9.17) is 5.73 Å². The van der Waals surface area contributed by atoms with Crippen molar-refractivity contribution < 1.29 is 9.59 Å². The van der Waals surface area contributed by atoms with Gasteiger partial charge in [0.15, 0.2) is 0 Å². The Kier molecular flexibility index (Phi) is 8.35. The zero-order valence-corrected chi connectivity index (χ0v) is 13.6. The lowest BCUT2D eigenvalue weighted by molar-refractivity contribution is -0.130. The Hall–Kier alpha value is -1.10. The summed E-state index contributed by atoms with van der Waals surface area (Å²) in [7, 11) is 0. The fraction of sp³-hybridized carbons (Fsp3) is 0.875. The molecule has 1 saturated carbocycles. The lowest BCUT2D eigenvalue weighted by Gasteiger charge is -2.27. The Morgan fingerprint density at radius 2 is 1.67 bits per heavy atom. The molecule has 0 aromatic carbocycles. The second kappa shape index (κ2) is 9.77. The van der Waals surface area contributed by atoms with E-state index in [1.165, 1.54) is 0 Å². The van der Waals surface area contributed by atoms with E-state index in [0.29, 0.717) is 31.2 Å². The molecular formula is C16H31N3O2. The first-order valence-electron chi connectivity index (χ1n) is 8.35. The Labute approximate surface area is 128 Å². The Balaban J connectivity index is 2.16. The van der Waals surface area contributed by atoms with Gasteiger partial charge in [-0.2, -0.15) is 0 Å². The van der Waals surface area contributed by atoms with E-state index in [-0.39, 0.29) is 11.8 Å². The molecular weight excluding hydrogens is 266 g/mol. The topological polar surface area (TPSA) is 75.4 Å². The maximum atomic E-state index is 11.9. The highest BCUT2D eigenvalue weighted by Gasteiger charge is 2.22. The van der Waals surface area contributed by atoms with Gasteiger partial charge >= 0.3 is 0 Å². The average molecular weight is 297 g/mol. The molecule has 0 spiro atoms. The molecule has 5 nitrogen and oxygen atoms in total. The quantitative estimate of drug-likeness (QED) is 0.713. The molecule has 0 atom stereocenters. The van der Waals surface area contributed by atoms with Crippen LogP contribution in [0.3, 0.4) is 0 Å². The van der Waals surface area contributed by atoms with Crippen molar-refractivity contribution in [3.8, 4) is 0 Å². The standard InChI is InChI=1S/C16H31N3O2/c1-3-19(4-2)16(21)9-10-18-15(20)11-13-5-7-14(12-17)8-6-13/h13-14H,3-12,17H2,1-2H3,(H,18,20). The number of rotatable bonds is 8. The SMILES string of the molecule is CCN(CC)C(=O)CCNC(=O)CC1CCC(CN)CC1. The summed E-state index contributed by atoms with van der Waals surface area (Å²) < 4.78 is 0. The van der Waals surface area contributed by atoms with Crippen molar-refractivity contribution in [3.05, 3.63) is 0 Å². The van der Waals surface area contributed by atoms with Crippen LogP contribution in [0.1, 0.15) is 52.4 Å². The van der Waals surface area contributed by atoms with Gasteiger partial charge in [0.1, 0.15) is 0 Å². The molecule has 0 saturated heterocycles. The molecule has 5 heteroatoms. The van der Waals surface area contributed by atoms with Gasteiger partial charge in [-0.1, -0.05) is 0 Å². The van der Waals surface area contributed by atoms with Crippen molar-refractivity contribution in [3.63, 3.8) is 0 Å². The third-order valence-electron chi connectivity index (χ3n) is 4.55. The molecule has 1 aliphatic rings. The van der Waals surface area contributed by atoms with E-state index in [1.54, 1.807) is 4.90 Å². The average Bonchev–Trinajstić information content (AvgIpc) is 2.49. The number of nitrogens with zero attached hydrogens (tertiary/aromatic N) is 1. The molecule has 0 heterocycles. The normalized spacial score (nSPS) is 21.9. The summed E-state index contributed by atoms with van der Waals surface area (Å²) in [6.45, 7) is 6.62. The number of hydrogen-bond donors (Lipinski definition) is 2. The minimum absolute atomic E-state index is 0.0820. The number of nitrogens with one attached hydrogen (secondary N) is 1. The summed E-state index contributed by atoms with van der Waals surface area (Å²) in [5.74, 6) is 1.34. The lowest BCUT2D eigenvalue weighted by atomic mass is 9.80. The Morgan fingerprint density at radius 3 is 2.19 bits per heavy atom. The zero-order valence-electron chi connectivity index (χ0n) is 13.6. The molecule has 3 N–H and O–H groups in total. The Morgan fingerprint density at radius 1 is 1.10 bits per heavy atom. The minimum Gasteiger partial charge on any atom is -0.356 e. The van der Waals surface area contributed by atoms with Crippen LogP contribution >= 0.6 is 0 Å². The van der Waals surface area contributed by atoms with Gasteiger partial charge in [0.25, 0.3) is 0 Å². The molecule has 1 fully saturated rings. The predicted octanol–water partition coefficient (Wildman–Crippen LogP) is 1.52. The number of carbonyl (C=O) groups excluding carboxylic acids is 2. The van der Waals surface area contributed by atoms with Crippen LogP contribution in [0.25, 0.3) is 0 Å². The molecule has 21 heavy (non-hydrogen) atoms. The summed E-state index contributed by atoms with van der Waals surface area (Å²) in [6, 6.07) is 0. The number of carbonyl (C=O) groups is 2. The minimum atomic E-state index is 0.0820. The smallest absolute Gasteiger partial charge is 0.224 e. The van der Waals surface area contributed by atoms with Crippen molar-refractivity contribution in [2.24, 2.45) is 17.6 Å². The van der Waals surface area contributed by atoms with E-state index in [2.05, 4.69) is 5.32 Å². The molecule has 0 radical (unpaired) electrons. The van der Waals surface area contributed by atoms with Gasteiger partial charge < -0.3 is 16.0 Å². The highest BCUT2D eigenvalue weighted by Crippen LogP contribution is 2.29. The Bertz CT molecular complexity index is 321. The van der Waals surface area contributed by atoms with Gasteiger partial charge in [-0.05, 0) is 57.9 Å². The second-order valence-electron chi connectivity index (χ2n) is 5.99. The summed E-state index contributed by atoms with van der Waals surface area (Å²) >= 11 is 0. The summed E-state index contributed by atoms with van der Waals surface area (Å²) in [6.07, 6.45) is 5.50. The third-order valence-corrected chi connectivity index (χ3v) is 4.55. The molecule has 0 aromatic rings. The van der Waals surface area contributed by atoms with Crippen LogP contribution in [-0.4, -0.2) is 42.9 Å². The van der Waals surface area contributed by atoms with E-state index < -0.39 is 0 Å². The fourth-order valence-electron chi connectivity index (χ4n) is 3.05. The van der Waals surface area contributed by atoms with Crippen LogP contribution in [0.15, 0.2) is 0 Å². The van der Waals surface area contributed by atoms with Crippen molar-refractivity contribution in [2.75, 3.05) is 26.2 Å². The molecule has 1 rings (SSSR count). The molecule has 122 valence electrons. The first-order valence-corrected chi connectivity index (χ1v) is 8.35.